The molecule has 2 fully saturated rings. The van der Waals surface area contributed by atoms with Crippen LogP contribution in [0.2, 0.25) is 0 Å². The van der Waals surface area contributed by atoms with Gasteiger partial charge in [-0.2, -0.15) is 9.41 Å². The molecule has 3 aliphatic rings. The van der Waals surface area contributed by atoms with Crippen molar-refractivity contribution in [3.05, 3.63) is 29.8 Å². The molecule has 4 heterocycles. The Morgan fingerprint density at radius 1 is 1.23 bits per heavy atom. The number of H-pyrrole nitrogens is 1. The molecule has 1 aromatic carbocycles. The monoisotopic (exact) mass is 571 g/mol. The van der Waals surface area contributed by atoms with E-state index in [1.54, 1.807) is 55.0 Å². The molecule has 0 spiro atoms. The Kier molecular flexibility index (Phi) is 7.41. The first-order valence-corrected chi connectivity index (χ1v) is 15.2. The van der Waals surface area contributed by atoms with Crippen LogP contribution in [0.15, 0.2) is 34.4 Å². The van der Waals surface area contributed by atoms with E-state index in [-0.39, 0.29) is 54.4 Å². The van der Waals surface area contributed by atoms with Gasteiger partial charge in [-0.15, -0.1) is 6.42 Å². The fraction of sp³-hybridized carbons (Fsp3) is 0.500. The van der Waals surface area contributed by atoms with Crippen LogP contribution in [0, 0.1) is 12.3 Å². The number of aromatic nitrogens is 1. The number of carbonyl (C=O) groups is 2. The average Bonchev–Trinajstić information content (AvgIpc) is 3.48. The second-order valence-electron chi connectivity index (χ2n) is 10.3. The average molecular weight is 572 g/mol. The summed E-state index contributed by atoms with van der Waals surface area (Å²) in [5.74, 6) is 2.37. The molecule has 3 atom stereocenters. The second kappa shape index (κ2) is 10.5. The molecule has 3 amide bonds. The number of urea groups is 1. The summed E-state index contributed by atoms with van der Waals surface area (Å²) >= 11 is 1.65. The number of terminal acetylenes is 1. The normalized spacial score (nSPS) is 24.4. The van der Waals surface area contributed by atoms with Crippen molar-refractivity contribution in [2.75, 3.05) is 47.3 Å². The minimum absolute atomic E-state index is 0.000181. The van der Waals surface area contributed by atoms with E-state index in [9.17, 15) is 18.0 Å². The quantitative estimate of drug-likeness (QED) is 0.561. The van der Waals surface area contributed by atoms with Crippen LogP contribution in [0.1, 0.15) is 25.3 Å². The van der Waals surface area contributed by atoms with Crippen molar-refractivity contribution < 1.29 is 18.0 Å². The number of amides is 3. The molecule has 1 N–H and O–H groups in total. The summed E-state index contributed by atoms with van der Waals surface area (Å²) in [4.78, 5) is 34.7. The fourth-order valence-electron chi connectivity index (χ4n) is 5.21. The predicted molar refractivity (Wildman–Crippen MR) is 152 cm³/mol. The maximum Gasteiger partial charge on any atom is 0.340 e. The van der Waals surface area contributed by atoms with Gasteiger partial charge in [-0.05, 0) is 44.7 Å². The zero-order valence-corrected chi connectivity index (χ0v) is 24.1. The van der Waals surface area contributed by atoms with E-state index in [4.69, 9.17) is 6.42 Å². The lowest BCUT2D eigenvalue weighted by Crippen LogP contribution is -2.60. The molecule has 3 unspecified atom stereocenters. The molecule has 0 aliphatic carbocycles. The Bertz CT molecular complexity index is 1480. The van der Waals surface area contributed by atoms with E-state index in [2.05, 4.69) is 34.9 Å². The molecular formula is C26H33N7O4S2. The lowest BCUT2D eigenvalue weighted by Gasteiger charge is -2.42. The molecule has 0 saturated carbocycles. The first-order chi connectivity index (χ1) is 18.5. The minimum atomic E-state index is -3.92. The highest BCUT2D eigenvalue weighted by molar-refractivity contribution is 8.14. The van der Waals surface area contributed by atoms with E-state index in [1.807, 2.05) is 0 Å². The van der Waals surface area contributed by atoms with E-state index in [0.29, 0.717) is 23.0 Å². The van der Waals surface area contributed by atoms with Crippen LogP contribution < -0.4 is 0 Å². The number of hydrazone groups is 1. The van der Waals surface area contributed by atoms with Crippen LogP contribution >= 0.6 is 11.8 Å². The number of rotatable bonds is 4. The molecule has 13 heteroatoms. The molecular weight excluding hydrogens is 538 g/mol. The van der Waals surface area contributed by atoms with Crippen LogP contribution in [-0.4, -0.2) is 119 Å². The smallest absolute Gasteiger partial charge is 0.340 e. The highest BCUT2D eigenvalue weighted by Gasteiger charge is 2.42. The third-order valence-electron chi connectivity index (χ3n) is 7.68. The van der Waals surface area contributed by atoms with Crippen molar-refractivity contribution >= 4 is 49.7 Å². The zero-order valence-electron chi connectivity index (χ0n) is 22.5. The summed E-state index contributed by atoms with van der Waals surface area (Å²) < 4.78 is 28.7. The topological polar surface area (TPSA) is 113 Å². The van der Waals surface area contributed by atoms with Crippen molar-refractivity contribution in [1.82, 2.24) is 29.0 Å². The number of nitrogens with one attached hydrogen (secondary N) is 1. The number of hydrogen-bond acceptors (Lipinski definition) is 7. The molecule has 2 saturated heterocycles. The number of carbonyl (C=O) groups excluding carboxylic acids is 2. The highest BCUT2D eigenvalue weighted by Crippen LogP contribution is 2.35. The third kappa shape index (κ3) is 5.14. The van der Waals surface area contributed by atoms with Gasteiger partial charge in [0, 0.05) is 63.2 Å². The molecule has 0 bridgehead atoms. The molecule has 39 heavy (non-hydrogen) atoms. The van der Waals surface area contributed by atoms with Gasteiger partial charge in [0.25, 0.3) is 10.0 Å². The molecule has 2 aromatic rings. The Hall–Kier alpha value is -3.05. The Morgan fingerprint density at radius 2 is 2.00 bits per heavy atom. The van der Waals surface area contributed by atoms with Gasteiger partial charge in [0.2, 0.25) is 5.91 Å². The standard InChI is InChI=1S/C26H33N7O4S2/c1-6-18-7-8-21-19(13-18)14-23(27-21)39(36,37)31-11-12-32(20(16-31)15-24(34)29(3)4)26(35)33-10-9-22-25(28-33)38-17(2)30(22)5/h1,7-8,13-14,17,20,22,27H,9-12,15-16H2,2-5H3. The van der Waals surface area contributed by atoms with E-state index in [0.717, 1.165) is 11.5 Å². The Balaban J connectivity index is 1.39. The summed E-state index contributed by atoms with van der Waals surface area (Å²) in [6, 6.07) is 6.10. The van der Waals surface area contributed by atoms with Gasteiger partial charge < -0.3 is 14.8 Å². The van der Waals surface area contributed by atoms with E-state index < -0.39 is 16.1 Å². The third-order valence-corrected chi connectivity index (χ3v) is 10.7. The first kappa shape index (κ1) is 27.5. The molecule has 11 nitrogen and oxygen atoms in total. The molecule has 1 aromatic heterocycles. The summed E-state index contributed by atoms with van der Waals surface area (Å²) in [7, 11) is 1.44. The number of nitrogens with zero attached hydrogens (tertiary/aromatic N) is 6. The number of piperazine rings is 1. The van der Waals surface area contributed by atoms with Gasteiger partial charge in [0.05, 0.1) is 17.5 Å². The first-order valence-electron chi connectivity index (χ1n) is 12.8. The number of benzene rings is 1. The fourth-order valence-corrected chi connectivity index (χ4v) is 7.94. The Labute approximate surface area is 233 Å². The van der Waals surface area contributed by atoms with Crippen molar-refractivity contribution in [2.45, 2.75) is 42.2 Å². The van der Waals surface area contributed by atoms with Gasteiger partial charge in [-0.25, -0.2) is 18.2 Å². The number of sulfonamides is 1. The van der Waals surface area contributed by atoms with Crippen LogP contribution in [0.3, 0.4) is 0 Å². The van der Waals surface area contributed by atoms with Gasteiger partial charge in [-0.3, -0.25) is 9.69 Å². The van der Waals surface area contributed by atoms with Crippen molar-refractivity contribution in [3.63, 3.8) is 0 Å². The maximum atomic E-state index is 13.7. The minimum Gasteiger partial charge on any atom is -0.349 e. The molecule has 3 aliphatic heterocycles. The molecule has 208 valence electrons. The SMILES string of the molecule is C#Cc1ccc2[nH]c(S(=O)(=O)N3CCN(C(=O)N4CCC5C(=N4)SC(C)N5C)C(CC(=O)N(C)C)C3)cc2c1. The summed E-state index contributed by atoms with van der Waals surface area (Å²) in [5, 5.41) is 8.08. The zero-order chi connectivity index (χ0) is 28.1. The number of aromatic amines is 1. The summed E-state index contributed by atoms with van der Waals surface area (Å²) in [6.45, 7) is 2.83. The van der Waals surface area contributed by atoms with Crippen LogP contribution in [0.25, 0.3) is 10.9 Å². The summed E-state index contributed by atoms with van der Waals surface area (Å²) in [5.41, 5.74) is 1.32. The van der Waals surface area contributed by atoms with Crippen molar-refractivity contribution in [1.29, 1.82) is 0 Å². The summed E-state index contributed by atoms with van der Waals surface area (Å²) in [6.07, 6.45) is 6.27. The van der Waals surface area contributed by atoms with Crippen LogP contribution in [0.4, 0.5) is 4.79 Å². The van der Waals surface area contributed by atoms with Crippen molar-refractivity contribution in [2.24, 2.45) is 5.10 Å². The van der Waals surface area contributed by atoms with Gasteiger partial charge in [-0.1, -0.05) is 17.7 Å². The lowest BCUT2D eigenvalue weighted by atomic mass is 10.1. The molecule has 5 rings (SSSR count). The van der Waals surface area contributed by atoms with Gasteiger partial charge in [0.15, 0.2) is 0 Å². The maximum absolute atomic E-state index is 13.7. The number of thioether (sulfide) groups is 1. The predicted octanol–water partition coefficient (Wildman–Crippen LogP) is 1.83. The van der Waals surface area contributed by atoms with Gasteiger partial charge in [0.1, 0.15) is 10.1 Å². The molecule has 0 radical (unpaired) electrons. The Morgan fingerprint density at radius 3 is 2.72 bits per heavy atom. The van der Waals surface area contributed by atoms with E-state index >= 15 is 0 Å². The largest absolute Gasteiger partial charge is 0.349 e. The number of fused-ring (bicyclic) bond motifs is 2. The van der Waals surface area contributed by atoms with Crippen molar-refractivity contribution in [3.8, 4) is 12.3 Å². The second-order valence-corrected chi connectivity index (χ2v) is 13.6. The van der Waals surface area contributed by atoms with Crippen LogP contribution in [-0.2, 0) is 14.8 Å². The highest BCUT2D eigenvalue weighted by atomic mass is 32.2. The van der Waals surface area contributed by atoms with E-state index in [1.165, 1.54) is 14.2 Å². The van der Waals surface area contributed by atoms with Crippen LogP contribution in [0.5, 0.6) is 0 Å². The van der Waals surface area contributed by atoms with Gasteiger partial charge >= 0.3 is 6.03 Å². The number of hydrogen-bond donors (Lipinski definition) is 1. The lowest BCUT2D eigenvalue weighted by molar-refractivity contribution is -0.130.